The molecule has 3 heteroatoms. The van der Waals surface area contributed by atoms with Crippen LogP contribution < -0.4 is 0 Å². The van der Waals surface area contributed by atoms with E-state index in [0.29, 0.717) is 3.59 Å². The minimum atomic E-state index is -2.67. The Balaban J connectivity index is 4.96. The zero-order valence-corrected chi connectivity index (χ0v) is 15.3. The molecule has 0 aromatic heterocycles. The molecule has 0 fully saturated rings. The number of carboxylic acids is 1. The Morgan fingerprint density at radius 2 is 1.28 bits per heavy atom. The van der Waals surface area contributed by atoms with Crippen LogP contribution in [0.2, 0.25) is 13.3 Å². The van der Waals surface area contributed by atoms with E-state index in [1.807, 2.05) is 0 Å². The Morgan fingerprint density at radius 3 is 1.50 bits per heavy atom. The van der Waals surface area contributed by atoms with Gasteiger partial charge < -0.3 is 0 Å². The van der Waals surface area contributed by atoms with Crippen molar-refractivity contribution in [1.82, 2.24) is 0 Å². The van der Waals surface area contributed by atoms with E-state index in [0.717, 1.165) is 0 Å². The maximum atomic E-state index is 11.4. The van der Waals surface area contributed by atoms with Crippen molar-refractivity contribution in [3.8, 4) is 0 Å². The molecule has 0 spiro atoms. The van der Waals surface area contributed by atoms with Crippen LogP contribution in [0.25, 0.3) is 0 Å². The fourth-order valence-corrected chi connectivity index (χ4v) is 17.4. The third-order valence-electron chi connectivity index (χ3n) is 3.92. The van der Waals surface area contributed by atoms with Gasteiger partial charge in [-0.2, -0.15) is 0 Å². The summed E-state index contributed by atoms with van der Waals surface area (Å²) >= 11 is -2.67. The molecule has 0 bridgehead atoms. The Hall–Kier alpha value is 0.00870. The summed E-state index contributed by atoms with van der Waals surface area (Å²) in [6.07, 6.45) is 7.08. The molecule has 106 valence electrons. The normalized spacial score (nSPS) is 11.5. The number of unbranched alkanes of at least 4 members (excludes halogenated alkanes) is 3. The summed E-state index contributed by atoms with van der Waals surface area (Å²) in [5.74, 6) is -0.714. The van der Waals surface area contributed by atoms with Gasteiger partial charge in [-0.25, -0.2) is 0 Å². The molecule has 0 unspecified atom stereocenters. The summed E-state index contributed by atoms with van der Waals surface area (Å²) in [5, 5.41) is 9.37. The van der Waals surface area contributed by atoms with Gasteiger partial charge in [0.2, 0.25) is 0 Å². The molecule has 0 saturated carbocycles. The molecule has 0 aliphatic heterocycles. The van der Waals surface area contributed by atoms with E-state index >= 15 is 0 Å². The van der Waals surface area contributed by atoms with Gasteiger partial charge in [0.1, 0.15) is 0 Å². The van der Waals surface area contributed by atoms with Crippen molar-refractivity contribution in [3.05, 3.63) is 10.2 Å². The predicted octanol–water partition coefficient (Wildman–Crippen LogP) is 5.02. The van der Waals surface area contributed by atoms with E-state index in [2.05, 4.69) is 27.4 Å². The molecule has 0 aliphatic carbocycles. The first-order valence-corrected chi connectivity index (χ1v) is 14.9. The van der Waals surface area contributed by atoms with E-state index in [1.54, 1.807) is 0 Å². The molecule has 18 heavy (non-hydrogen) atoms. The standard InChI is InChI=1S/3C4H9.C3H3O2.Sn/c3*1-3-4-2;1-2-3(4)5;/h3*1,3-4H2,2H3;1H2,(H,4,5);. The topological polar surface area (TPSA) is 37.3 Å². The summed E-state index contributed by atoms with van der Waals surface area (Å²) in [6, 6.07) is 0. The van der Waals surface area contributed by atoms with Crippen molar-refractivity contribution < 1.29 is 9.90 Å². The first kappa shape index (κ1) is 18.0. The summed E-state index contributed by atoms with van der Waals surface area (Å²) in [5.41, 5.74) is 0. The summed E-state index contributed by atoms with van der Waals surface area (Å²) in [4.78, 5) is 11.4. The van der Waals surface area contributed by atoms with E-state index < -0.39 is 24.3 Å². The molecule has 0 amide bonds. The zero-order chi connectivity index (χ0) is 14.0. The van der Waals surface area contributed by atoms with Gasteiger partial charge in [0.15, 0.2) is 0 Å². The van der Waals surface area contributed by atoms with E-state index in [1.165, 1.54) is 51.8 Å². The minimum absolute atomic E-state index is 0.652. The van der Waals surface area contributed by atoms with Gasteiger partial charge in [-0.05, 0) is 0 Å². The fraction of sp³-hybridized carbons (Fsp3) is 0.800. The van der Waals surface area contributed by atoms with Gasteiger partial charge in [-0.1, -0.05) is 0 Å². The van der Waals surface area contributed by atoms with Crippen LogP contribution in [0.15, 0.2) is 10.2 Å². The molecule has 0 aromatic carbocycles. The van der Waals surface area contributed by atoms with Gasteiger partial charge in [-0.3, -0.25) is 0 Å². The second-order valence-electron chi connectivity index (χ2n) is 5.37. The molecule has 0 aromatic rings. The zero-order valence-electron chi connectivity index (χ0n) is 12.4. The van der Waals surface area contributed by atoms with E-state index in [4.69, 9.17) is 0 Å². The quantitative estimate of drug-likeness (QED) is 0.415. The molecule has 0 aliphatic rings. The second kappa shape index (κ2) is 9.88. The number of aliphatic carboxylic acids is 1. The third-order valence-corrected chi connectivity index (χ3v) is 19.4. The van der Waals surface area contributed by atoms with Gasteiger partial charge in [0.05, 0.1) is 0 Å². The predicted molar refractivity (Wildman–Crippen MR) is 81.7 cm³/mol. The van der Waals surface area contributed by atoms with Gasteiger partial charge in [0, 0.05) is 0 Å². The monoisotopic (exact) mass is 362 g/mol. The number of rotatable bonds is 11. The molecule has 0 atom stereocenters. The molecular formula is C15H30O2Sn. The van der Waals surface area contributed by atoms with Crippen molar-refractivity contribution >= 4 is 24.3 Å². The average Bonchev–Trinajstić information content (AvgIpc) is 2.37. The van der Waals surface area contributed by atoms with Crippen LogP contribution >= 0.6 is 0 Å². The number of carboxylic acid groups (broad SMARTS) is 1. The van der Waals surface area contributed by atoms with Crippen LogP contribution in [-0.2, 0) is 4.79 Å². The third kappa shape index (κ3) is 5.77. The summed E-state index contributed by atoms with van der Waals surface area (Å²) in [6.45, 7) is 10.6. The van der Waals surface area contributed by atoms with Crippen LogP contribution in [0, 0.1) is 0 Å². The Morgan fingerprint density at radius 1 is 0.944 bits per heavy atom. The number of hydrogen-bond donors (Lipinski definition) is 1. The molecular weight excluding hydrogens is 331 g/mol. The van der Waals surface area contributed by atoms with Crippen LogP contribution in [-0.4, -0.2) is 29.5 Å². The Kier molecular flexibility index (Phi) is 9.88. The Bertz CT molecular complexity index is 239. The molecule has 0 saturated heterocycles. The molecule has 0 heterocycles. The fourth-order valence-electron chi connectivity index (χ4n) is 2.60. The summed E-state index contributed by atoms with van der Waals surface area (Å²) in [7, 11) is 0. The van der Waals surface area contributed by atoms with Crippen molar-refractivity contribution in [2.24, 2.45) is 0 Å². The maximum absolute atomic E-state index is 11.4. The number of carbonyl (C=O) groups is 1. The molecule has 0 radical (unpaired) electrons. The van der Waals surface area contributed by atoms with Crippen molar-refractivity contribution in [2.75, 3.05) is 0 Å². The molecule has 0 rings (SSSR count). The first-order chi connectivity index (χ1) is 8.54. The van der Waals surface area contributed by atoms with Crippen molar-refractivity contribution in [3.63, 3.8) is 0 Å². The first-order valence-electron chi connectivity index (χ1n) is 7.46. The Labute approximate surface area is 117 Å². The number of hydrogen-bond acceptors (Lipinski definition) is 1. The van der Waals surface area contributed by atoms with E-state index in [-0.39, 0.29) is 0 Å². The molecule has 1 N–H and O–H groups in total. The van der Waals surface area contributed by atoms with Crippen LogP contribution in [0.1, 0.15) is 59.3 Å². The van der Waals surface area contributed by atoms with Crippen LogP contribution in [0.4, 0.5) is 0 Å². The van der Waals surface area contributed by atoms with Gasteiger partial charge in [0.25, 0.3) is 0 Å². The van der Waals surface area contributed by atoms with Crippen molar-refractivity contribution in [1.29, 1.82) is 0 Å². The average molecular weight is 361 g/mol. The van der Waals surface area contributed by atoms with Crippen LogP contribution in [0.5, 0.6) is 0 Å². The van der Waals surface area contributed by atoms with Gasteiger partial charge in [-0.15, -0.1) is 0 Å². The van der Waals surface area contributed by atoms with E-state index in [9.17, 15) is 9.90 Å². The second-order valence-corrected chi connectivity index (χ2v) is 18.7. The molecule has 2 nitrogen and oxygen atoms in total. The van der Waals surface area contributed by atoms with Crippen molar-refractivity contribution in [2.45, 2.75) is 72.6 Å². The van der Waals surface area contributed by atoms with Gasteiger partial charge >= 0.3 is 117 Å². The summed E-state index contributed by atoms with van der Waals surface area (Å²) < 4.78 is 4.22. The van der Waals surface area contributed by atoms with Crippen LogP contribution in [0.3, 0.4) is 0 Å². The SMILES string of the molecule is C=[C](C(=O)O)[Sn]([CH2]CCC)([CH2]CCC)[CH2]CCC.